The molecule has 0 aliphatic carbocycles. The van der Waals surface area contributed by atoms with Crippen LogP contribution in [0.4, 0.5) is 4.39 Å². The Kier molecular flexibility index (Phi) is 6.80. The van der Waals surface area contributed by atoms with Crippen LogP contribution in [0.5, 0.6) is 0 Å². The Bertz CT molecular complexity index is 878. The molecular formula is C21H25FN2O3S. The molecule has 150 valence electrons. The molecule has 1 amide bonds. The van der Waals surface area contributed by atoms with Crippen LogP contribution in [0.15, 0.2) is 59.5 Å². The third-order valence-corrected chi connectivity index (χ3v) is 6.57. The molecule has 0 saturated carbocycles. The number of amides is 1. The molecule has 0 bridgehead atoms. The Morgan fingerprint density at radius 1 is 1.04 bits per heavy atom. The number of hydrogen-bond donors (Lipinski definition) is 1. The highest BCUT2D eigenvalue weighted by Crippen LogP contribution is 2.22. The van der Waals surface area contributed by atoms with Gasteiger partial charge in [-0.15, -0.1) is 0 Å². The molecule has 0 spiro atoms. The first-order valence-electron chi connectivity index (χ1n) is 9.51. The van der Waals surface area contributed by atoms with E-state index in [1.807, 2.05) is 23.1 Å². The fraction of sp³-hybridized carbons (Fsp3) is 0.381. The molecular weight excluding hydrogens is 379 g/mol. The van der Waals surface area contributed by atoms with Gasteiger partial charge in [-0.3, -0.25) is 4.79 Å². The first-order chi connectivity index (χ1) is 13.4. The molecule has 0 aromatic heterocycles. The van der Waals surface area contributed by atoms with Gasteiger partial charge in [0.2, 0.25) is 15.9 Å². The molecule has 1 heterocycles. The molecule has 0 radical (unpaired) electrons. The second-order valence-corrected chi connectivity index (χ2v) is 8.88. The number of piperidine rings is 1. The van der Waals surface area contributed by atoms with E-state index in [2.05, 4.69) is 16.9 Å². The predicted octanol–water partition coefficient (Wildman–Crippen LogP) is 2.98. The van der Waals surface area contributed by atoms with Gasteiger partial charge in [-0.25, -0.2) is 17.5 Å². The van der Waals surface area contributed by atoms with E-state index in [-0.39, 0.29) is 23.8 Å². The number of sulfonamides is 1. The van der Waals surface area contributed by atoms with Crippen molar-refractivity contribution in [1.29, 1.82) is 0 Å². The van der Waals surface area contributed by atoms with Gasteiger partial charge in [0.05, 0.1) is 4.90 Å². The molecule has 5 nitrogen and oxygen atoms in total. The maximum Gasteiger partial charge on any atom is 0.240 e. The summed E-state index contributed by atoms with van der Waals surface area (Å²) in [6.45, 7) is 1.45. The van der Waals surface area contributed by atoms with Crippen LogP contribution in [0, 0.1) is 11.7 Å². The summed E-state index contributed by atoms with van der Waals surface area (Å²) in [4.78, 5) is 14.2. The molecule has 1 aliphatic rings. The van der Waals surface area contributed by atoms with Gasteiger partial charge >= 0.3 is 0 Å². The van der Waals surface area contributed by atoms with Crippen molar-refractivity contribution in [2.45, 2.75) is 30.6 Å². The monoisotopic (exact) mass is 404 g/mol. The Morgan fingerprint density at radius 2 is 1.68 bits per heavy atom. The molecule has 2 aromatic rings. The van der Waals surface area contributed by atoms with Crippen molar-refractivity contribution in [2.24, 2.45) is 5.92 Å². The van der Waals surface area contributed by atoms with E-state index in [1.165, 1.54) is 17.7 Å². The molecule has 0 unspecified atom stereocenters. The number of nitrogens with one attached hydrogen (secondary N) is 1. The van der Waals surface area contributed by atoms with E-state index in [0.29, 0.717) is 19.0 Å². The molecule has 1 fully saturated rings. The van der Waals surface area contributed by atoms with Crippen LogP contribution in [0.2, 0.25) is 0 Å². The van der Waals surface area contributed by atoms with Gasteiger partial charge < -0.3 is 4.90 Å². The van der Waals surface area contributed by atoms with Gasteiger partial charge in [0.25, 0.3) is 0 Å². The summed E-state index contributed by atoms with van der Waals surface area (Å²) in [7, 11) is -3.73. The summed E-state index contributed by atoms with van der Waals surface area (Å²) in [5.74, 6) is 0.0354. The van der Waals surface area contributed by atoms with Crippen molar-refractivity contribution in [3.05, 3.63) is 66.0 Å². The lowest BCUT2D eigenvalue weighted by atomic mass is 9.90. The van der Waals surface area contributed by atoms with E-state index in [1.54, 1.807) is 0 Å². The van der Waals surface area contributed by atoms with Crippen molar-refractivity contribution in [3.63, 3.8) is 0 Å². The first-order valence-corrected chi connectivity index (χ1v) is 11.0. The fourth-order valence-electron chi connectivity index (χ4n) is 3.48. The summed E-state index contributed by atoms with van der Waals surface area (Å²) in [5, 5.41) is 0. The largest absolute Gasteiger partial charge is 0.343 e. The minimum absolute atomic E-state index is 0.0110. The number of hydrogen-bond acceptors (Lipinski definition) is 3. The molecule has 0 atom stereocenters. The number of carbonyl (C=O) groups is 1. The van der Waals surface area contributed by atoms with Gasteiger partial charge in [-0.2, -0.15) is 0 Å². The summed E-state index contributed by atoms with van der Waals surface area (Å²) in [5.41, 5.74) is 1.32. The Morgan fingerprint density at radius 3 is 2.32 bits per heavy atom. The van der Waals surface area contributed by atoms with Crippen molar-refractivity contribution < 1.29 is 17.6 Å². The lowest BCUT2D eigenvalue weighted by molar-refractivity contribution is -0.132. The smallest absolute Gasteiger partial charge is 0.240 e. The molecule has 28 heavy (non-hydrogen) atoms. The molecule has 1 N–H and O–H groups in total. The third kappa shape index (κ3) is 5.62. The highest BCUT2D eigenvalue weighted by molar-refractivity contribution is 7.89. The zero-order valence-corrected chi connectivity index (χ0v) is 16.5. The van der Waals surface area contributed by atoms with Crippen LogP contribution >= 0.6 is 0 Å². The van der Waals surface area contributed by atoms with Gasteiger partial charge in [-0.05, 0) is 55.0 Å². The lowest BCUT2D eigenvalue weighted by Gasteiger charge is -2.32. The van der Waals surface area contributed by atoms with E-state index in [0.717, 1.165) is 31.4 Å². The van der Waals surface area contributed by atoms with Crippen LogP contribution in [-0.2, 0) is 21.2 Å². The molecule has 7 heteroatoms. The van der Waals surface area contributed by atoms with Crippen LogP contribution in [0.1, 0.15) is 24.8 Å². The van der Waals surface area contributed by atoms with Gasteiger partial charge in [0.1, 0.15) is 5.82 Å². The molecule has 1 aliphatic heterocycles. The molecule has 1 saturated heterocycles. The van der Waals surface area contributed by atoms with Crippen LogP contribution in [0.25, 0.3) is 0 Å². The Hall–Kier alpha value is -2.25. The van der Waals surface area contributed by atoms with E-state index in [4.69, 9.17) is 0 Å². The van der Waals surface area contributed by atoms with Crippen molar-refractivity contribution in [2.75, 3.05) is 19.6 Å². The summed E-state index contributed by atoms with van der Waals surface area (Å²) in [6.07, 6.45) is 3.06. The van der Waals surface area contributed by atoms with Crippen LogP contribution in [0.3, 0.4) is 0 Å². The molecule has 2 aromatic carbocycles. The summed E-state index contributed by atoms with van der Waals surface area (Å²) < 4.78 is 39.7. The van der Waals surface area contributed by atoms with Crippen LogP contribution < -0.4 is 4.72 Å². The minimum atomic E-state index is -3.73. The molecule has 3 rings (SSSR count). The highest BCUT2D eigenvalue weighted by Gasteiger charge is 2.23. The average Bonchev–Trinajstić information content (AvgIpc) is 2.69. The maximum absolute atomic E-state index is 12.9. The fourth-order valence-corrected chi connectivity index (χ4v) is 4.51. The highest BCUT2D eigenvalue weighted by atomic mass is 32.2. The number of rotatable bonds is 7. The third-order valence-electron chi connectivity index (χ3n) is 5.09. The second kappa shape index (κ2) is 9.30. The normalized spacial score (nSPS) is 15.5. The summed E-state index contributed by atoms with van der Waals surface area (Å²) in [6, 6.07) is 15.0. The van der Waals surface area contributed by atoms with Gasteiger partial charge in [-0.1, -0.05) is 30.3 Å². The zero-order chi connectivity index (χ0) is 20.0. The Balaban J connectivity index is 1.41. The van der Waals surface area contributed by atoms with E-state index < -0.39 is 15.8 Å². The average molecular weight is 405 g/mol. The van der Waals surface area contributed by atoms with Crippen LogP contribution in [-0.4, -0.2) is 38.9 Å². The number of nitrogens with zero attached hydrogens (tertiary/aromatic N) is 1. The first kappa shape index (κ1) is 20.5. The van der Waals surface area contributed by atoms with E-state index >= 15 is 0 Å². The number of carbonyl (C=O) groups excluding carboxylic acids is 1. The number of benzene rings is 2. The summed E-state index contributed by atoms with van der Waals surface area (Å²) >= 11 is 0. The standard InChI is InChI=1S/C21H25FN2O3S/c22-19-6-8-20(9-7-19)28(26,27)23-13-10-21(25)24-14-11-18(12-15-24)16-17-4-2-1-3-5-17/h1-9,18,23H,10-16H2. The quantitative estimate of drug-likeness (QED) is 0.772. The Labute approximate surface area is 165 Å². The number of halogens is 1. The van der Waals surface area contributed by atoms with E-state index in [9.17, 15) is 17.6 Å². The second-order valence-electron chi connectivity index (χ2n) is 7.12. The topological polar surface area (TPSA) is 66.5 Å². The minimum Gasteiger partial charge on any atom is -0.343 e. The van der Waals surface area contributed by atoms with Crippen molar-refractivity contribution in [1.82, 2.24) is 9.62 Å². The van der Waals surface area contributed by atoms with Crippen molar-refractivity contribution in [3.8, 4) is 0 Å². The van der Waals surface area contributed by atoms with Crippen molar-refractivity contribution >= 4 is 15.9 Å². The van der Waals surface area contributed by atoms with Gasteiger partial charge in [0.15, 0.2) is 0 Å². The zero-order valence-electron chi connectivity index (χ0n) is 15.7. The maximum atomic E-state index is 12.9. The predicted molar refractivity (Wildman–Crippen MR) is 106 cm³/mol. The lowest BCUT2D eigenvalue weighted by Crippen LogP contribution is -2.40. The SMILES string of the molecule is O=C(CCNS(=O)(=O)c1ccc(F)cc1)N1CCC(Cc2ccccc2)CC1. The number of likely N-dealkylation sites (tertiary alicyclic amines) is 1. The van der Waals surface area contributed by atoms with Gasteiger partial charge in [0, 0.05) is 26.1 Å².